The Morgan fingerprint density at radius 3 is 2.76 bits per heavy atom. The van der Waals surface area contributed by atoms with Crippen LogP contribution in [0.3, 0.4) is 0 Å². The van der Waals surface area contributed by atoms with E-state index in [2.05, 4.69) is 14.6 Å². The number of amides is 1. The molecule has 0 aliphatic rings. The van der Waals surface area contributed by atoms with Gasteiger partial charge in [-0.15, -0.1) is 11.3 Å². The lowest BCUT2D eigenvalue weighted by Gasteiger charge is -2.06. The third-order valence-corrected chi connectivity index (χ3v) is 6.88. The number of sulfonamides is 1. The molecule has 2 aromatic heterocycles. The van der Waals surface area contributed by atoms with Gasteiger partial charge in [0.1, 0.15) is 4.21 Å². The molecule has 0 aliphatic carbocycles. The van der Waals surface area contributed by atoms with Crippen LogP contribution in [0.4, 0.5) is 0 Å². The molecular weight excluding hydrogens is 358 g/mol. The molecular formula is C17H19N3O3S2. The monoisotopic (exact) mass is 377 g/mol. The highest BCUT2D eigenvalue weighted by molar-refractivity contribution is 7.91. The molecule has 3 rings (SSSR count). The average molecular weight is 377 g/mol. The molecule has 0 unspecified atom stereocenters. The first-order valence-electron chi connectivity index (χ1n) is 7.82. The summed E-state index contributed by atoms with van der Waals surface area (Å²) in [6.07, 6.45) is 2.35. The number of rotatable bonds is 7. The molecule has 0 fully saturated rings. The number of nitrogens with zero attached hydrogens (tertiary/aromatic N) is 1. The van der Waals surface area contributed by atoms with Crippen molar-refractivity contribution in [3.63, 3.8) is 0 Å². The van der Waals surface area contributed by atoms with E-state index >= 15 is 0 Å². The number of carbonyl (C=O) groups excluding carboxylic acids is 1. The normalized spacial score (nSPS) is 11.7. The van der Waals surface area contributed by atoms with Gasteiger partial charge in [-0.1, -0.05) is 18.2 Å². The zero-order valence-electron chi connectivity index (χ0n) is 13.7. The molecule has 0 saturated carbocycles. The summed E-state index contributed by atoms with van der Waals surface area (Å²) < 4.78 is 28.0. The lowest BCUT2D eigenvalue weighted by atomic mass is 10.2. The van der Waals surface area contributed by atoms with Crippen molar-refractivity contribution in [2.24, 2.45) is 0 Å². The van der Waals surface area contributed by atoms with E-state index in [0.29, 0.717) is 19.5 Å². The van der Waals surface area contributed by atoms with E-state index in [4.69, 9.17) is 0 Å². The Labute approximate surface area is 150 Å². The fourth-order valence-electron chi connectivity index (χ4n) is 2.53. The summed E-state index contributed by atoms with van der Waals surface area (Å²) in [5.41, 5.74) is 1.11. The molecule has 0 atom stereocenters. The van der Waals surface area contributed by atoms with E-state index < -0.39 is 10.0 Å². The Morgan fingerprint density at radius 1 is 1.16 bits per heavy atom. The predicted octanol–water partition coefficient (Wildman–Crippen LogP) is 2.32. The van der Waals surface area contributed by atoms with Crippen molar-refractivity contribution in [2.45, 2.75) is 23.7 Å². The molecule has 0 spiro atoms. The third kappa shape index (κ3) is 4.09. The van der Waals surface area contributed by atoms with Crippen molar-refractivity contribution in [2.75, 3.05) is 7.05 Å². The maximum absolute atomic E-state index is 12.1. The number of thiophene rings is 1. The van der Waals surface area contributed by atoms with Crippen molar-refractivity contribution in [1.82, 2.24) is 14.6 Å². The number of nitrogens with one attached hydrogen (secondary N) is 2. The van der Waals surface area contributed by atoms with E-state index in [1.54, 1.807) is 12.1 Å². The van der Waals surface area contributed by atoms with Gasteiger partial charge in [0.25, 0.3) is 0 Å². The minimum atomic E-state index is -3.42. The Bertz CT molecular complexity index is 989. The van der Waals surface area contributed by atoms with Crippen molar-refractivity contribution < 1.29 is 13.2 Å². The quantitative estimate of drug-likeness (QED) is 0.663. The molecule has 2 N–H and O–H groups in total. The molecule has 0 saturated heterocycles. The van der Waals surface area contributed by atoms with Gasteiger partial charge in [0.05, 0.1) is 6.54 Å². The number of fused-ring (bicyclic) bond motifs is 1. The molecule has 3 aromatic rings. The third-order valence-electron chi connectivity index (χ3n) is 3.89. The molecule has 2 heterocycles. The van der Waals surface area contributed by atoms with E-state index in [1.807, 2.05) is 36.5 Å². The summed E-state index contributed by atoms with van der Waals surface area (Å²) in [6, 6.07) is 13.3. The smallest absolute Gasteiger partial charge is 0.249 e. The van der Waals surface area contributed by atoms with Crippen molar-refractivity contribution in [1.29, 1.82) is 0 Å². The maximum atomic E-state index is 12.1. The Kier molecular flexibility index (Phi) is 5.22. The van der Waals surface area contributed by atoms with Crippen molar-refractivity contribution >= 4 is 38.2 Å². The first-order valence-corrected chi connectivity index (χ1v) is 10.1. The summed E-state index contributed by atoms with van der Waals surface area (Å²) in [6.45, 7) is 0.929. The van der Waals surface area contributed by atoms with Crippen LogP contribution in [0.15, 0.2) is 52.9 Å². The zero-order valence-corrected chi connectivity index (χ0v) is 15.4. The molecule has 0 bridgehead atoms. The fourth-order valence-corrected chi connectivity index (χ4v) is 4.66. The Hall–Kier alpha value is -2.16. The van der Waals surface area contributed by atoms with Gasteiger partial charge in [0.15, 0.2) is 0 Å². The van der Waals surface area contributed by atoms with Gasteiger partial charge >= 0.3 is 0 Å². The lowest BCUT2D eigenvalue weighted by Crippen LogP contribution is -2.23. The predicted molar refractivity (Wildman–Crippen MR) is 99.0 cm³/mol. The van der Waals surface area contributed by atoms with Crippen LogP contribution in [0.2, 0.25) is 0 Å². The SMILES string of the molecule is CNS(=O)(=O)c1ccc(CNC(=O)CCn2ccc3ccccc32)s1. The summed E-state index contributed by atoms with van der Waals surface area (Å²) in [4.78, 5) is 12.9. The summed E-state index contributed by atoms with van der Waals surface area (Å²) in [7, 11) is -2.05. The molecule has 8 heteroatoms. The van der Waals surface area contributed by atoms with Gasteiger partial charge in [-0.2, -0.15) is 0 Å². The van der Waals surface area contributed by atoms with Gasteiger partial charge in [-0.25, -0.2) is 13.1 Å². The molecule has 0 aliphatic heterocycles. The van der Waals surface area contributed by atoms with E-state index in [-0.39, 0.29) is 10.1 Å². The van der Waals surface area contributed by atoms with Gasteiger partial charge in [-0.3, -0.25) is 4.79 Å². The van der Waals surface area contributed by atoms with Crippen LogP contribution in [0, 0.1) is 0 Å². The minimum Gasteiger partial charge on any atom is -0.351 e. The highest BCUT2D eigenvalue weighted by atomic mass is 32.2. The van der Waals surface area contributed by atoms with Crippen LogP contribution in [0.25, 0.3) is 10.9 Å². The molecule has 1 aromatic carbocycles. The van der Waals surface area contributed by atoms with Crippen LogP contribution in [0.1, 0.15) is 11.3 Å². The Morgan fingerprint density at radius 2 is 1.96 bits per heavy atom. The van der Waals surface area contributed by atoms with E-state index in [1.165, 1.54) is 7.05 Å². The Balaban J connectivity index is 1.53. The van der Waals surface area contributed by atoms with Crippen molar-refractivity contribution in [3.05, 3.63) is 53.5 Å². The van der Waals surface area contributed by atoms with Gasteiger partial charge in [0, 0.05) is 29.6 Å². The summed E-state index contributed by atoms with van der Waals surface area (Å²) in [5, 5.41) is 3.99. The average Bonchev–Trinajstić information content (AvgIpc) is 3.25. The first kappa shape index (κ1) is 17.7. The summed E-state index contributed by atoms with van der Waals surface area (Å²) >= 11 is 1.15. The molecule has 132 valence electrons. The molecule has 6 nitrogen and oxygen atoms in total. The first-order chi connectivity index (χ1) is 12.0. The van der Waals surface area contributed by atoms with E-state index in [0.717, 1.165) is 27.1 Å². The number of hydrogen-bond acceptors (Lipinski definition) is 4. The van der Waals surface area contributed by atoms with Gasteiger partial charge < -0.3 is 9.88 Å². The molecule has 25 heavy (non-hydrogen) atoms. The van der Waals surface area contributed by atoms with Crippen molar-refractivity contribution in [3.8, 4) is 0 Å². The topological polar surface area (TPSA) is 80.2 Å². The van der Waals surface area contributed by atoms with Crippen LogP contribution in [0.5, 0.6) is 0 Å². The number of benzene rings is 1. The van der Waals surface area contributed by atoms with Crippen LogP contribution in [-0.2, 0) is 27.9 Å². The second kappa shape index (κ2) is 7.38. The van der Waals surface area contributed by atoms with Crippen LogP contribution in [-0.4, -0.2) is 25.9 Å². The van der Waals surface area contributed by atoms with Gasteiger partial charge in [0.2, 0.25) is 15.9 Å². The highest BCUT2D eigenvalue weighted by Crippen LogP contribution is 2.21. The maximum Gasteiger partial charge on any atom is 0.249 e. The number of aryl methyl sites for hydroxylation is 1. The highest BCUT2D eigenvalue weighted by Gasteiger charge is 2.14. The van der Waals surface area contributed by atoms with E-state index in [9.17, 15) is 13.2 Å². The lowest BCUT2D eigenvalue weighted by molar-refractivity contribution is -0.121. The second-order valence-electron chi connectivity index (χ2n) is 5.52. The molecule has 0 radical (unpaired) electrons. The molecule has 1 amide bonds. The number of carbonyl (C=O) groups is 1. The standard InChI is InChI=1S/C17H19N3O3S2/c1-18-25(22,23)17-7-6-14(24-17)12-19-16(21)9-11-20-10-8-13-4-2-3-5-15(13)20/h2-8,10,18H,9,11-12H2,1H3,(H,19,21). The zero-order chi connectivity index (χ0) is 17.9. The number of aromatic nitrogens is 1. The fraction of sp³-hybridized carbons (Fsp3) is 0.235. The van der Waals surface area contributed by atoms with Crippen LogP contribution >= 0.6 is 11.3 Å². The number of hydrogen-bond donors (Lipinski definition) is 2. The van der Waals surface area contributed by atoms with Gasteiger partial charge in [-0.05, 0) is 36.7 Å². The minimum absolute atomic E-state index is 0.0656. The van der Waals surface area contributed by atoms with Crippen LogP contribution < -0.4 is 10.0 Å². The second-order valence-corrected chi connectivity index (χ2v) is 8.80. The number of para-hydroxylation sites is 1. The summed E-state index contributed by atoms with van der Waals surface area (Å²) in [5.74, 6) is -0.0656. The largest absolute Gasteiger partial charge is 0.351 e.